The molecule has 0 spiro atoms. The fourth-order valence-electron chi connectivity index (χ4n) is 2.50. The molecule has 5 heteroatoms. The minimum Gasteiger partial charge on any atom is -0.481 e. The Kier molecular flexibility index (Phi) is 4.16. The van der Waals surface area contributed by atoms with Crippen molar-refractivity contribution in [3.8, 4) is 5.75 Å². The van der Waals surface area contributed by atoms with Gasteiger partial charge in [-0.2, -0.15) is 0 Å². The first kappa shape index (κ1) is 15.0. The first-order valence-corrected chi connectivity index (χ1v) is 8.47. The summed E-state index contributed by atoms with van der Waals surface area (Å²) >= 11 is 0. The minimum atomic E-state index is -3.37. The lowest BCUT2D eigenvalue weighted by atomic mass is 10.0. The second-order valence-electron chi connectivity index (χ2n) is 4.86. The maximum atomic E-state index is 12.9. The summed E-state index contributed by atoms with van der Waals surface area (Å²) in [6.45, 7) is 0. The van der Waals surface area contributed by atoms with E-state index in [0.29, 0.717) is 11.1 Å². The third-order valence-corrected chi connectivity index (χ3v) is 5.57. The number of ether oxygens (including phenoxy) is 1. The second kappa shape index (κ2) is 6.09. The summed E-state index contributed by atoms with van der Waals surface area (Å²) in [4.78, 5) is 0. The van der Waals surface area contributed by atoms with Crippen molar-refractivity contribution in [3.05, 3.63) is 71.8 Å². The molecule has 3 rings (SSSR count). The molecule has 4 nitrogen and oxygen atoms in total. The summed E-state index contributed by atoms with van der Waals surface area (Å²) in [5.41, 5.74) is 1.72. The Balaban J connectivity index is 2.14. The second-order valence-corrected chi connectivity index (χ2v) is 7.07. The molecule has 0 bridgehead atoms. The average Bonchev–Trinajstić information content (AvgIpc) is 2.61. The Labute approximate surface area is 129 Å². The van der Waals surface area contributed by atoms with Crippen LogP contribution in [0.25, 0.3) is 5.31 Å². The molecule has 0 aromatic heterocycles. The summed E-state index contributed by atoms with van der Waals surface area (Å²) in [7, 11) is -0.586. The molecule has 0 saturated carbocycles. The molecule has 0 radical (unpaired) electrons. The van der Waals surface area contributed by atoms with Gasteiger partial charge in [-0.1, -0.05) is 48.5 Å². The van der Waals surface area contributed by atoms with E-state index in [9.17, 15) is 4.57 Å². The van der Waals surface area contributed by atoms with Crippen LogP contribution >= 0.6 is 7.60 Å². The number of hydrogen-bond acceptors (Lipinski definition) is 4. The first-order chi connectivity index (χ1) is 10.7. The normalized spacial score (nSPS) is 17.4. The Bertz CT molecular complexity index is 731. The molecule has 0 saturated heterocycles. The molecule has 1 aliphatic heterocycles. The highest BCUT2D eigenvalue weighted by molar-refractivity contribution is 7.65. The first-order valence-electron chi connectivity index (χ1n) is 6.93. The third-order valence-electron chi connectivity index (χ3n) is 3.63. The van der Waals surface area contributed by atoms with E-state index in [2.05, 4.69) is 0 Å². The summed E-state index contributed by atoms with van der Waals surface area (Å²) in [6.07, 6.45) is 1.48. The zero-order valence-electron chi connectivity index (χ0n) is 12.4. The molecular weight excluding hydrogens is 299 g/mol. The standard InChI is InChI=1S/C17H17O4P/c1-19-22(18,20-2)17-12-16(13-8-4-3-5-9-13)21-15-11-7-6-10-14(15)17/h3-12,16H,1-2H3. The van der Waals surface area contributed by atoms with Crippen molar-refractivity contribution in [1.29, 1.82) is 0 Å². The van der Waals surface area contributed by atoms with Crippen LogP contribution in [0, 0.1) is 0 Å². The van der Waals surface area contributed by atoms with Crippen molar-refractivity contribution in [2.75, 3.05) is 14.2 Å². The highest BCUT2D eigenvalue weighted by atomic mass is 31.2. The molecule has 1 aliphatic rings. The lowest BCUT2D eigenvalue weighted by Crippen LogP contribution is -2.12. The van der Waals surface area contributed by atoms with E-state index >= 15 is 0 Å². The van der Waals surface area contributed by atoms with Gasteiger partial charge >= 0.3 is 7.60 Å². The SMILES string of the molecule is COP(=O)(OC)C1=CC(c2ccccc2)Oc2ccccc21. The molecule has 0 aliphatic carbocycles. The van der Waals surface area contributed by atoms with E-state index in [-0.39, 0.29) is 6.10 Å². The third kappa shape index (κ3) is 2.61. The molecule has 0 amide bonds. The largest absolute Gasteiger partial charge is 0.481 e. The molecule has 0 fully saturated rings. The Morgan fingerprint density at radius 3 is 2.27 bits per heavy atom. The van der Waals surface area contributed by atoms with Gasteiger partial charge in [0.25, 0.3) is 0 Å². The molecule has 2 aromatic carbocycles. The molecular formula is C17H17O4P. The number of fused-ring (bicyclic) bond motifs is 1. The van der Waals surface area contributed by atoms with Crippen molar-refractivity contribution < 1.29 is 18.3 Å². The van der Waals surface area contributed by atoms with Gasteiger partial charge in [-0.3, -0.25) is 4.57 Å². The maximum absolute atomic E-state index is 12.9. The highest BCUT2D eigenvalue weighted by Crippen LogP contribution is 2.62. The van der Waals surface area contributed by atoms with Gasteiger partial charge < -0.3 is 13.8 Å². The van der Waals surface area contributed by atoms with Crippen molar-refractivity contribution in [2.45, 2.75) is 6.10 Å². The molecule has 22 heavy (non-hydrogen) atoms. The van der Waals surface area contributed by atoms with Crippen LogP contribution in [0.5, 0.6) is 5.75 Å². The van der Waals surface area contributed by atoms with Crippen LogP contribution < -0.4 is 4.74 Å². The van der Waals surface area contributed by atoms with Gasteiger partial charge in [0.2, 0.25) is 0 Å². The maximum Gasteiger partial charge on any atom is 0.361 e. The van der Waals surface area contributed by atoms with Crippen LogP contribution in [0.2, 0.25) is 0 Å². The van der Waals surface area contributed by atoms with Crippen molar-refractivity contribution >= 4 is 12.9 Å². The summed E-state index contributed by atoms with van der Waals surface area (Å²) in [5, 5.41) is 0.535. The summed E-state index contributed by atoms with van der Waals surface area (Å²) < 4.78 is 29.3. The van der Waals surface area contributed by atoms with Crippen LogP contribution in [-0.4, -0.2) is 14.2 Å². The molecule has 1 atom stereocenters. The van der Waals surface area contributed by atoms with Crippen LogP contribution in [0.1, 0.15) is 17.2 Å². The number of para-hydroxylation sites is 1. The Morgan fingerprint density at radius 2 is 1.59 bits per heavy atom. The lowest BCUT2D eigenvalue weighted by Gasteiger charge is -2.28. The monoisotopic (exact) mass is 316 g/mol. The van der Waals surface area contributed by atoms with Gasteiger partial charge in [-0.25, -0.2) is 0 Å². The number of benzene rings is 2. The Hall–Kier alpha value is -1.87. The van der Waals surface area contributed by atoms with Crippen LogP contribution in [-0.2, 0) is 13.6 Å². The summed E-state index contributed by atoms with van der Waals surface area (Å²) in [6, 6.07) is 17.2. The molecule has 1 unspecified atom stereocenters. The van der Waals surface area contributed by atoms with E-state index in [4.69, 9.17) is 13.8 Å². The van der Waals surface area contributed by atoms with Gasteiger partial charge in [0, 0.05) is 19.8 Å². The smallest absolute Gasteiger partial charge is 0.361 e. The summed E-state index contributed by atoms with van der Waals surface area (Å²) in [5.74, 6) is 0.670. The molecule has 114 valence electrons. The zero-order chi connectivity index (χ0) is 15.6. The molecule has 1 heterocycles. The van der Waals surface area contributed by atoms with E-state index in [1.807, 2.05) is 60.7 Å². The van der Waals surface area contributed by atoms with Crippen molar-refractivity contribution in [1.82, 2.24) is 0 Å². The van der Waals surface area contributed by atoms with Crippen LogP contribution in [0.3, 0.4) is 0 Å². The number of hydrogen-bond donors (Lipinski definition) is 0. The quantitative estimate of drug-likeness (QED) is 0.770. The molecule has 2 aromatic rings. The molecule has 0 N–H and O–H groups in total. The van der Waals surface area contributed by atoms with Crippen molar-refractivity contribution in [3.63, 3.8) is 0 Å². The van der Waals surface area contributed by atoms with E-state index in [0.717, 1.165) is 11.1 Å². The van der Waals surface area contributed by atoms with Gasteiger partial charge in [-0.15, -0.1) is 0 Å². The topological polar surface area (TPSA) is 44.8 Å². The van der Waals surface area contributed by atoms with Crippen LogP contribution in [0.4, 0.5) is 0 Å². The van der Waals surface area contributed by atoms with Gasteiger partial charge in [0.1, 0.15) is 11.9 Å². The van der Waals surface area contributed by atoms with E-state index in [1.165, 1.54) is 14.2 Å². The van der Waals surface area contributed by atoms with Gasteiger partial charge in [-0.05, 0) is 17.7 Å². The Morgan fingerprint density at radius 1 is 0.955 bits per heavy atom. The fraction of sp³-hybridized carbons (Fsp3) is 0.176. The van der Waals surface area contributed by atoms with E-state index < -0.39 is 7.60 Å². The zero-order valence-corrected chi connectivity index (χ0v) is 13.3. The minimum absolute atomic E-state index is 0.329. The number of rotatable bonds is 4. The van der Waals surface area contributed by atoms with E-state index in [1.54, 1.807) is 0 Å². The van der Waals surface area contributed by atoms with Gasteiger partial charge in [0.15, 0.2) is 0 Å². The fourth-order valence-corrected chi connectivity index (χ4v) is 3.84. The predicted molar refractivity (Wildman–Crippen MR) is 85.9 cm³/mol. The van der Waals surface area contributed by atoms with Crippen molar-refractivity contribution in [2.24, 2.45) is 0 Å². The van der Waals surface area contributed by atoms with Crippen LogP contribution in [0.15, 0.2) is 60.7 Å². The lowest BCUT2D eigenvalue weighted by molar-refractivity contribution is 0.248. The predicted octanol–water partition coefficient (Wildman–Crippen LogP) is 4.65. The average molecular weight is 316 g/mol. The van der Waals surface area contributed by atoms with Gasteiger partial charge in [0.05, 0.1) is 5.31 Å². The highest BCUT2D eigenvalue weighted by Gasteiger charge is 2.35.